The van der Waals surface area contributed by atoms with Crippen LogP contribution < -0.4 is 10.1 Å². The molecule has 3 fully saturated rings. The van der Waals surface area contributed by atoms with Crippen molar-refractivity contribution in [2.75, 3.05) is 46.1 Å². The summed E-state index contributed by atoms with van der Waals surface area (Å²) in [5, 5.41) is 3.22. The lowest BCUT2D eigenvalue weighted by Crippen LogP contribution is -2.59. The molecule has 1 amide bonds. The topological polar surface area (TPSA) is 60.0 Å². The molecule has 3 aliphatic rings. The van der Waals surface area contributed by atoms with E-state index in [2.05, 4.69) is 10.2 Å². The van der Waals surface area contributed by atoms with E-state index in [0.29, 0.717) is 18.7 Å². The third kappa shape index (κ3) is 5.30. The summed E-state index contributed by atoms with van der Waals surface area (Å²) in [6.45, 7) is 5.64. The molecular formula is C23H34N2O4. The van der Waals surface area contributed by atoms with E-state index in [1.54, 1.807) is 0 Å². The van der Waals surface area contributed by atoms with Crippen LogP contribution in [0.3, 0.4) is 0 Å². The molecule has 1 atom stereocenters. The van der Waals surface area contributed by atoms with E-state index in [1.165, 1.54) is 19.3 Å². The van der Waals surface area contributed by atoms with Crippen LogP contribution in [0.4, 0.5) is 0 Å². The number of benzene rings is 1. The van der Waals surface area contributed by atoms with Gasteiger partial charge in [-0.15, -0.1) is 0 Å². The highest BCUT2D eigenvalue weighted by molar-refractivity contribution is 5.94. The Balaban J connectivity index is 1.31. The summed E-state index contributed by atoms with van der Waals surface area (Å²) in [4.78, 5) is 15.3. The van der Waals surface area contributed by atoms with Crippen LogP contribution in [0.2, 0.25) is 0 Å². The van der Waals surface area contributed by atoms with Gasteiger partial charge < -0.3 is 19.5 Å². The lowest BCUT2D eigenvalue weighted by molar-refractivity contribution is -0.0361. The van der Waals surface area contributed by atoms with Crippen LogP contribution in [0.1, 0.15) is 55.3 Å². The average Bonchev–Trinajstić information content (AvgIpc) is 3.31. The molecule has 4 rings (SSSR count). The normalized spacial score (nSPS) is 24.9. The van der Waals surface area contributed by atoms with Gasteiger partial charge in [0.05, 0.1) is 19.3 Å². The minimum atomic E-state index is -0.00566. The summed E-state index contributed by atoms with van der Waals surface area (Å²) in [6.07, 6.45) is 8.46. The number of carbonyl (C=O) groups excluding carboxylic acids is 1. The van der Waals surface area contributed by atoms with Gasteiger partial charge in [-0.2, -0.15) is 0 Å². The molecule has 0 spiro atoms. The molecule has 160 valence electrons. The third-order valence-corrected chi connectivity index (χ3v) is 6.62. The van der Waals surface area contributed by atoms with Gasteiger partial charge >= 0.3 is 0 Å². The van der Waals surface area contributed by atoms with Crippen molar-refractivity contribution in [3.05, 3.63) is 29.8 Å². The molecule has 6 nitrogen and oxygen atoms in total. The van der Waals surface area contributed by atoms with Crippen LogP contribution in [0.15, 0.2) is 24.3 Å². The number of rotatable bonds is 7. The fourth-order valence-electron chi connectivity index (χ4n) is 4.87. The lowest BCUT2D eigenvalue weighted by atomic mass is 9.79. The van der Waals surface area contributed by atoms with Crippen molar-refractivity contribution in [3.8, 4) is 5.75 Å². The highest BCUT2D eigenvalue weighted by Gasteiger charge is 2.38. The number of nitrogens with zero attached hydrogens (tertiary/aromatic N) is 1. The Bertz CT molecular complexity index is 645. The van der Waals surface area contributed by atoms with Gasteiger partial charge in [-0.25, -0.2) is 0 Å². The fourth-order valence-corrected chi connectivity index (χ4v) is 4.87. The Morgan fingerprint density at radius 2 is 1.83 bits per heavy atom. The van der Waals surface area contributed by atoms with Gasteiger partial charge in [0, 0.05) is 37.3 Å². The van der Waals surface area contributed by atoms with Crippen LogP contribution in [-0.2, 0) is 9.47 Å². The van der Waals surface area contributed by atoms with Crippen LogP contribution >= 0.6 is 0 Å². The van der Waals surface area contributed by atoms with Crippen LogP contribution in [0.5, 0.6) is 5.75 Å². The number of carbonyl (C=O) groups is 1. The molecule has 2 saturated heterocycles. The summed E-state index contributed by atoms with van der Waals surface area (Å²) < 4.78 is 16.9. The summed E-state index contributed by atoms with van der Waals surface area (Å²) in [5.41, 5.74) is 0.768. The van der Waals surface area contributed by atoms with E-state index in [-0.39, 0.29) is 17.6 Å². The summed E-state index contributed by atoms with van der Waals surface area (Å²) >= 11 is 0. The first kappa shape index (κ1) is 20.6. The number of hydrogen-bond donors (Lipinski definition) is 1. The highest BCUT2D eigenvalue weighted by Crippen LogP contribution is 2.34. The second-order valence-corrected chi connectivity index (χ2v) is 8.54. The van der Waals surface area contributed by atoms with Gasteiger partial charge in [0.2, 0.25) is 0 Å². The standard InChI is InChI=1S/C23H34N2O4/c26-22(19-6-8-20(9-7-19)29-17-21-5-4-14-28-21)24-18-23(10-2-1-3-11-23)25-12-15-27-16-13-25/h6-9,21H,1-5,10-18H2,(H,24,26)/t21-/m1/s1. The smallest absolute Gasteiger partial charge is 0.251 e. The largest absolute Gasteiger partial charge is 0.491 e. The number of amides is 1. The molecule has 0 unspecified atom stereocenters. The molecule has 6 heteroatoms. The lowest BCUT2D eigenvalue weighted by Gasteiger charge is -2.48. The van der Waals surface area contributed by atoms with Gasteiger partial charge in [-0.05, 0) is 49.9 Å². The van der Waals surface area contributed by atoms with Gasteiger partial charge in [0.15, 0.2) is 0 Å². The number of morpholine rings is 1. The number of nitrogens with one attached hydrogen (secondary N) is 1. The van der Waals surface area contributed by atoms with Crippen molar-refractivity contribution in [2.45, 2.75) is 56.6 Å². The molecule has 1 aromatic carbocycles. The minimum Gasteiger partial charge on any atom is -0.491 e. The van der Waals surface area contributed by atoms with E-state index in [1.807, 2.05) is 24.3 Å². The van der Waals surface area contributed by atoms with E-state index in [9.17, 15) is 4.79 Å². The molecule has 2 heterocycles. The first-order valence-corrected chi connectivity index (χ1v) is 11.2. The SMILES string of the molecule is O=C(NCC1(N2CCOCC2)CCCCC1)c1ccc(OC[C@H]2CCCO2)cc1. The molecule has 1 saturated carbocycles. The summed E-state index contributed by atoms with van der Waals surface area (Å²) in [6, 6.07) is 7.45. The Kier molecular flexibility index (Phi) is 7.06. The second-order valence-electron chi connectivity index (χ2n) is 8.54. The first-order chi connectivity index (χ1) is 14.3. The Morgan fingerprint density at radius 1 is 1.07 bits per heavy atom. The van der Waals surface area contributed by atoms with Crippen LogP contribution in [0.25, 0.3) is 0 Å². The zero-order valence-electron chi connectivity index (χ0n) is 17.4. The van der Waals surface area contributed by atoms with Crippen molar-refractivity contribution >= 4 is 5.91 Å². The summed E-state index contributed by atoms with van der Waals surface area (Å²) in [5.74, 6) is 0.781. The molecule has 29 heavy (non-hydrogen) atoms. The highest BCUT2D eigenvalue weighted by atomic mass is 16.5. The van der Waals surface area contributed by atoms with Gasteiger partial charge in [-0.3, -0.25) is 9.69 Å². The number of ether oxygens (including phenoxy) is 3. The van der Waals surface area contributed by atoms with Crippen molar-refractivity contribution < 1.29 is 19.0 Å². The monoisotopic (exact) mass is 402 g/mol. The Morgan fingerprint density at radius 3 is 2.52 bits per heavy atom. The first-order valence-electron chi connectivity index (χ1n) is 11.2. The molecular weight excluding hydrogens is 368 g/mol. The van der Waals surface area contributed by atoms with Gasteiger partial charge in [-0.1, -0.05) is 19.3 Å². The minimum absolute atomic E-state index is 0.00566. The molecule has 1 aromatic rings. The predicted molar refractivity (Wildman–Crippen MR) is 111 cm³/mol. The van der Waals surface area contributed by atoms with Crippen LogP contribution in [-0.4, -0.2) is 68.5 Å². The molecule has 1 N–H and O–H groups in total. The van der Waals surface area contributed by atoms with Crippen molar-refractivity contribution in [3.63, 3.8) is 0 Å². The molecule has 0 aromatic heterocycles. The maximum atomic E-state index is 12.8. The fraction of sp³-hybridized carbons (Fsp3) is 0.696. The van der Waals surface area contributed by atoms with E-state index < -0.39 is 0 Å². The zero-order valence-corrected chi connectivity index (χ0v) is 17.4. The predicted octanol–water partition coefficient (Wildman–Crippen LogP) is 3.01. The van der Waals surface area contributed by atoms with Crippen molar-refractivity contribution in [1.29, 1.82) is 0 Å². The second kappa shape index (κ2) is 9.92. The third-order valence-electron chi connectivity index (χ3n) is 6.62. The zero-order chi connectivity index (χ0) is 19.9. The molecule has 0 bridgehead atoms. The van der Waals surface area contributed by atoms with E-state index in [0.717, 1.165) is 64.3 Å². The molecule has 2 aliphatic heterocycles. The van der Waals surface area contributed by atoms with Crippen molar-refractivity contribution in [1.82, 2.24) is 10.2 Å². The van der Waals surface area contributed by atoms with Gasteiger partial charge in [0.1, 0.15) is 12.4 Å². The van der Waals surface area contributed by atoms with E-state index in [4.69, 9.17) is 14.2 Å². The maximum Gasteiger partial charge on any atom is 0.251 e. The number of hydrogen-bond acceptors (Lipinski definition) is 5. The molecule has 1 aliphatic carbocycles. The van der Waals surface area contributed by atoms with Crippen LogP contribution in [0, 0.1) is 0 Å². The van der Waals surface area contributed by atoms with Gasteiger partial charge in [0.25, 0.3) is 5.91 Å². The quantitative estimate of drug-likeness (QED) is 0.760. The Labute approximate surface area is 173 Å². The van der Waals surface area contributed by atoms with E-state index >= 15 is 0 Å². The van der Waals surface area contributed by atoms with Crippen molar-refractivity contribution in [2.24, 2.45) is 0 Å². The molecule has 0 radical (unpaired) electrons. The Hall–Kier alpha value is -1.63. The summed E-state index contributed by atoms with van der Waals surface area (Å²) in [7, 11) is 0. The maximum absolute atomic E-state index is 12.8. The average molecular weight is 403 g/mol.